The molecule has 1 atom stereocenters. The largest absolute Gasteiger partial charge is 0.300 e. The minimum Gasteiger partial charge on any atom is -0.300 e. The van der Waals surface area contributed by atoms with Gasteiger partial charge in [-0.3, -0.25) is 0 Å². The van der Waals surface area contributed by atoms with E-state index in [0.29, 0.717) is 6.54 Å². The van der Waals surface area contributed by atoms with Crippen molar-refractivity contribution in [2.75, 3.05) is 20.1 Å². The van der Waals surface area contributed by atoms with Crippen LogP contribution in [0.25, 0.3) is 0 Å². The first-order valence-electron chi connectivity index (χ1n) is 3.52. The molecule has 1 fully saturated rings. The smallest absolute Gasteiger partial charge is 0.276 e. The molecule has 1 unspecified atom stereocenters. The van der Waals surface area contributed by atoms with E-state index in [4.69, 9.17) is 5.26 Å². The Hall–Kier alpha value is -0.400. The number of hydrogen-bond acceptors (Lipinski definition) is 2. The van der Waals surface area contributed by atoms with Crippen LogP contribution in [0.2, 0.25) is 0 Å². The van der Waals surface area contributed by atoms with Crippen LogP contribution in [-0.2, 0) is 0 Å². The molecular weight excluding hydrogens is 186 g/mol. The maximum atomic E-state index is 12.9. The summed E-state index contributed by atoms with van der Waals surface area (Å²) in [6.45, 7) is 0.305. The van der Waals surface area contributed by atoms with Crippen molar-refractivity contribution in [1.29, 1.82) is 5.26 Å². The van der Waals surface area contributed by atoms with Crippen LogP contribution in [0.15, 0.2) is 0 Å². The molecule has 0 aliphatic carbocycles. The minimum atomic E-state index is -2.82. The van der Waals surface area contributed by atoms with Gasteiger partial charge in [-0.1, -0.05) is 0 Å². The van der Waals surface area contributed by atoms with Gasteiger partial charge in [0.1, 0.15) is 5.92 Å². The Morgan fingerprint density at radius 1 is 1.58 bits per heavy atom. The van der Waals surface area contributed by atoms with Gasteiger partial charge >= 0.3 is 0 Å². The zero-order valence-corrected chi connectivity index (χ0v) is 7.57. The highest BCUT2D eigenvalue weighted by atomic mass is 35.5. The molecular formula is C7H11ClF2N2. The second kappa shape index (κ2) is 4.01. The quantitative estimate of drug-likeness (QED) is 0.588. The molecule has 0 aromatic rings. The van der Waals surface area contributed by atoms with Crippen LogP contribution < -0.4 is 0 Å². The first-order chi connectivity index (χ1) is 5.06. The van der Waals surface area contributed by atoms with Crippen molar-refractivity contribution < 1.29 is 8.78 Å². The normalized spacial score (nSPS) is 28.7. The third-order valence-electron chi connectivity index (χ3n) is 1.95. The summed E-state index contributed by atoms with van der Waals surface area (Å²) in [5.74, 6) is -3.90. The monoisotopic (exact) mass is 196 g/mol. The standard InChI is InChI=1S/C7H10F2N2.ClH/c1-11-3-2-6(4-10)7(8,9)5-11;/h6H,2-3,5H2,1H3;1H. The van der Waals surface area contributed by atoms with Crippen molar-refractivity contribution in [2.45, 2.75) is 12.3 Å². The van der Waals surface area contributed by atoms with Crippen molar-refractivity contribution >= 4 is 12.4 Å². The molecule has 1 heterocycles. The number of nitrogens with zero attached hydrogens (tertiary/aromatic N) is 2. The average molecular weight is 197 g/mol. The van der Waals surface area contributed by atoms with Crippen molar-refractivity contribution in [1.82, 2.24) is 4.90 Å². The summed E-state index contributed by atoms with van der Waals surface area (Å²) in [6.07, 6.45) is 0.278. The fourth-order valence-corrected chi connectivity index (χ4v) is 1.27. The fourth-order valence-electron chi connectivity index (χ4n) is 1.27. The van der Waals surface area contributed by atoms with E-state index in [1.807, 2.05) is 0 Å². The lowest BCUT2D eigenvalue weighted by atomic mass is 9.95. The van der Waals surface area contributed by atoms with Crippen LogP contribution in [-0.4, -0.2) is 31.0 Å². The number of likely N-dealkylation sites (tertiary alicyclic amines) is 1. The van der Waals surface area contributed by atoms with E-state index in [1.165, 1.54) is 0 Å². The highest BCUT2D eigenvalue weighted by Gasteiger charge is 2.43. The van der Waals surface area contributed by atoms with E-state index in [9.17, 15) is 8.78 Å². The summed E-state index contributed by atoms with van der Waals surface area (Å²) in [5, 5.41) is 8.36. The van der Waals surface area contributed by atoms with Crippen LogP contribution in [0.3, 0.4) is 0 Å². The predicted molar refractivity (Wildman–Crippen MR) is 43.4 cm³/mol. The first-order valence-corrected chi connectivity index (χ1v) is 3.52. The zero-order chi connectivity index (χ0) is 8.48. The Morgan fingerprint density at radius 2 is 2.17 bits per heavy atom. The van der Waals surface area contributed by atoms with E-state index in [0.717, 1.165) is 0 Å². The van der Waals surface area contributed by atoms with E-state index < -0.39 is 11.8 Å². The van der Waals surface area contributed by atoms with Crippen LogP contribution in [0.5, 0.6) is 0 Å². The predicted octanol–water partition coefficient (Wildman–Crippen LogP) is 1.52. The van der Waals surface area contributed by atoms with Gasteiger partial charge < -0.3 is 4.90 Å². The van der Waals surface area contributed by atoms with Gasteiger partial charge in [0.2, 0.25) is 0 Å². The first kappa shape index (κ1) is 11.6. The molecule has 0 radical (unpaired) electrons. The van der Waals surface area contributed by atoms with E-state index in [2.05, 4.69) is 0 Å². The SMILES string of the molecule is CN1CCC(C#N)C(F)(F)C1.Cl. The Bertz CT molecular complexity index is 190. The molecule has 1 saturated heterocycles. The van der Waals surface area contributed by atoms with Gasteiger partial charge in [0.25, 0.3) is 5.92 Å². The van der Waals surface area contributed by atoms with Crippen LogP contribution in [0.1, 0.15) is 6.42 Å². The summed E-state index contributed by atoms with van der Waals surface area (Å²) in [5.41, 5.74) is 0. The Morgan fingerprint density at radius 3 is 2.58 bits per heavy atom. The second-order valence-corrected chi connectivity index (χ2v) is 2.97. The molecule has 0 aromatic carbocycles. The maximum absolute atomic E-state index is 12.9. The number of halogens is 3. The van der Waals surface area contributed by atoms with Crippen molar-refractivity contribution in [2.24, 2.45) is 5.92 Å². The van der Waals surface area contributed by atoms with Gasteiger partial charge in [0, 0.05) is 0 Å². The van der Waals surface area contributed by atoms with E-state index in [-0.39, 0.29) is 25.4 Å². The molecule has 0 amide bonds. The summed E-state index contributed by atoms with van der Waals surface area (Å²) in [7, 11) is 1.64. The summed E-state index contributed by atoms with van der Waals surface area (Å²) < 4.78 is 25.7. The Labute approximate surface area is 76.6 Å². The molecule has 0 aromatic heterocycles. The topological polar surface area (TPSA) is 27.0 Å². The molecule has 5 heteroatoms. The molecule has 1 rings (SSSR count). The minimum absolute atomic E-state index is 0. The van der Waals surface area contributed by atoms with Gasteiger partial charge in [-0.25, -0.2) is 8.78 Å². The molecule has 1 aliphatic rings. The molecule has 0 bridgehead atoms. The lowest BCUT2D eigenvalue weighted by Gasteiger charge is -2.32. The molecule has 1 aliphatic heterocycles. The Kier molecular flexibility index (Phi) is 3.88. The van der Waals surface area contributed by atoms with Crippen LogP contribution in [0.4, 0.5) is 8.78 Å². The van der Waals surface area contributed by atoms with Gasteiger partial charge in [0.15, 0.2) is 0 Å². The lowest BCUT2D eigenvalue weighted by molar-refractivity contribution is -0.0858. The van der Waals surface area contributed by atoms with Crippen LogP contribution in [0, 0.1) is 17.2 Å². The number of hydrogen-bond donors (Lipinski definition) is 0. The third-order valence-corrected chi connectivity index (χ3v) is 1.95. The molecule has 0 N–H and O–H groups in total. The molecule has 0 spiro atoms. The third kappa shape index (κ3) is 2.29. The summed E-state index contributed by atoms with van der Waals surface area (Å²) >= 11 is 0. The Balaban J connectivity index is 0.00000121. The zero-order valence-electron chi connectivity index (χ0n) is 6.76. The number of nitriles is 1. The average Bonchev–Trinajstić information content (AvgIpc) is 1.85. The van der Waals surface area contributed by atoms with Crippen molar-refractivity contribution in [3.63, 3.8) is 0 Å². The van der Waals surface area contributed by atoms with Gasteiger partial charge in [-0.05, 0) is 20.0 Å². The van der Waals surface area contributed by atoms with Crippen LogP contribution >= 0.6 is 12.4 Å². The summed E-state index contributed by atoms with van der Waals surface area (Å²) in [6, 6.07) is 1.64. The number of rotatable bonds is 0. The van der Waals surface area contributed by atoms with E-state index >= 15 is 0 Å². The van der Waals surface area contributed by atoms with Gasteiger partial charge in [-0.15, -0.1) is 12.4 Å². The highest BCUT2D eigenvalue weighted by Crippen LogP contribution is 2.31. The number of piperidine rings is 1. The van der Waals surface area contributed by atoms with Gasteiger partial charge in [0.05, 0.1) is 12.6 Å². The van der Waals surface area contributed by atoms with Crippen molar-refractivity contribution in [3.8, 4) is 6.07 Å². The molecule has 0 saturated carbocycles. The molecule has 70 valence electrons. The lowest BCUT2D eigenvalue weighted by Crippen LogP contribution is -2.46. The summed E-state index contributed by atoms with van der Waals surface area (Å²) in [4.78, 5) is 1.55. The second-order valence-electron chi connectivity index (χ2n) is 2.97. The van der Waals surface area contributed by atoms with E-state index in [1.54, 1.807) is 18.0 Å². The fraction of sp³-hybridized carbons (Fsp3) is 0.857. The number of alkyl halides is 2. The molecule has 2 nitrogen and oxygen atoms in total. The van der Waals surface area contributed by atoms with Gasteiger partial charge in [-0.2, -0.15) is 5.26 Å². The molecule has 12 heavy (non-hydrogen) atoms. The highest BCUT2D eigenvalue weighted by molar-refractivity contribution is 5.85. The van der Waals surface area contributed by atoms with Crippen molar-refractivity contribution in [3.05, 3.63) is 0 Å². The maximum Gasteiger partial charge on any atom is 0.276 e.